The Morgan fingerprint density at radius 2 is 2.21 bits per heavy atom. The highest BCUT2D eigenvalue weighted by molar-refractivity contribution is 7.10. The number of amides is 1. The Morgan fingerprint density at radius 3 is 2.74 bits per heavy atom. The zero-order valence-corrected chi connectivity index (χ0v) is 12.4. The van der Waals surface area contributed by atoms with Crippen LogP contribution in [0.4, 0.5) is 0 Å². The van der Waals surface area contributed by atoms with E-state index in [4.69, 9.17) is 4.52 Å². The minimum atomic E-state index is -0.232. The van der Waals surface area contributed by atoms with Crippen LogP contribution in [0, 0.1) is 0 Å². The molecule has 1 amide bonds. The zero-order valence-electron chi connectivity index (χ0n) is 11.6. The van der Waals surface area contributed by atoms with Gasteiger partial charge in [0, 0.05) is 16.4 Å². The lowest BCUT2D eigenvalue weighted by atomic mass is 9.92. The first-order valence-corrected chi connectivity index (χ1v) is 7.07. The summed E-state index contributed by atoms with van der Waals surface area (Å²) < 4.78 is 5.11. The van der Waals surface area contributed by atoms with Gasteiger partial charge in [-0.1, -0.05) is 32.0 Å². The Morgan fingerprint density at radius 1 is 1.47 bits per heavy atom. The van der Waals surface area contributed by atoms with Crippen LogP contribution in [0.25, 0.3) is 0 Å². The van der Waals surface area contributed by atoms with E-state index in [9.17, 15) is 4.79 Å². The molecule has 4 nitrogen and oxygen atoms in total. The molecular weight excluding hydrogens is 260 g/mol. The first kappa shape index (κ1) is 13.8. The van der Waals surface area contributed by atoms with Crippen LogP contribution in [-0.2, 0) is 5.41 Å². The molecule has 0 saturated carbocycles. The maximum absolute atomic E-state index is 12.1. The van der Waals surface area contributed by atoms with E-state index in [-0.39, 0.29) is 23.1 Å². The van der Waals surface area contributed by atoms with Crippen molar-refractivity contribution in [3.05, 3.63) is 39.9 Å². The second-order valence-electron chi connectivity index (χ2n) is 5.54. The summed E-state index contributed by atoms with van der Waals surface area (Å²) >= 11 is 1.62. The van der Waals surface area contributed by atoms with Gasteiger partial charge in [0.15, 0.2) is 0 Å². The van der Waals surface area contributed by atoms with Crippen LogP contribution in [0.3, 0.4) is 0 Å². The van der Waals surface area contributed by atoms with E-state index in [0.29, 0.717) is 0 Å². The highest BCUT2D eigenvalue weighted by Crippen LogP contribution is 2.22. The number of rotatable bonds is 3. The predicted molar refractivity (Wildman–Crippen MR) is 75.4 cm³/mol. The number of carbonyl (C=O) groups excluding carboxylic acids is 1. The molecule has 0 saturated heterocycles. The van der Waals surface area contributed by atoms with Crippen molar-refractivity contribution in [1.29, 1.82) is 0 Å². The smallest absolute Gasteiger partial charge is 0.290 e. The fourth-order valence-corrected chi connectivity index (χ4v) is 2.35. The summed E-state index contributed by atoms with van der Waals surface area (Å²) in [5, 5.41) is 8.84. The number of nitrogens with zero attached hydrogens (tertiary/aromatic N) is 1. The average Bonchev–Trinajstić information content (AvgIpc) is 3.00. The quantitative estimate of drug-likeness (QED) is 0.934. The summed E-state index contributed by atoms with van der Waals surface area (Å²) in [5.41, 5.74) is 0.655. The molecule has 5 heteroatoms. The molecule has 2 rings (SSSR count). The Hall–Kier alpha value is -1.62. The first-order chi connectivity index (χ1) is 8.88. The van der Waals surface area contributed by atoms with Gasteiger partial charge in [0.1, 0.15) is 0 Å². The van der Waals surface area contributed by atoms with Crippen molar-refractivity contribution in [1.82, 2.24) is 10.5 Å². The standard InChI is InChI=1S/C14H18N2O2S/c1-9(11-6-5-7-19-11)15-13(17)10-8-12(16-18-10)14(2,3)4/h5-9H,1-4H3,(H,15,17). The van der Waals surface area contributed by atoms with Crippen LogP contribution in [0.1, 0.15) is 54.9 Å². The van der Waals surface area contributed by atoms with Crippen molar-refractivity contribution in [3.8, 4) is 0 Å². The van der Waals surface area contributed by atoms with Gasteiger partial charge in [-0.15, -0.1) is 11.3 Å². The molecule has 0 bridgehead atoms. The highest BCUT2D eigenvalue weighted by Gasteiger charge is 2.22. The molecule has 0 spiro atoms. The molecule has 102 valence electrons. The summed E-state index contributed by atoms with van der Waals surface area (Å²) in [6.07, 6.45) is 0. The van der Waals surface area contributed by atoms with Crippen molar-refractivity contribution in [2.75, 3.05) is 0 Å². The molecule has 2 aromatic heterocycles. The Balaban J connectivity index is 2.06. The van der Waals surface area contributed by atoms with E-state index < -0.39 is 0 Å². The predicted octanol–water partition coefficient (Wildman–Crippen LogP) is 3.52. The third kappa shape index (κ3) is 3.23. The van der Waals surface area contributed by atoms with Gasteiger partial charge in [0.25, 0.3) is 5.91 Å². The lowest BCUT2D eigenvalue weighted by molar-refractivity contribution is 0.0903. The summed E-state index contributed by atoms with van der Waals surface area (Å²) in [6, 6.07) is 5.64. The zero-order chi connectivity index (χ0) is 14.0. The molecule has 0 aliphatic heterocycles. The summed E-state index contributed by atoms with van der Waals surface area (Å²) in [5.74, 6) is 0.0252. The van der Waals surface area contributed by atoms with Crippen LogP contribution in [-0.4, -0.2) is 11.1 Å². The van der Waals surface area contributed by atoms with Crippen LogP contribution in [0.2, 0.25) is 0 Å². The van der Waals surface area contributed by atoms with Crippen LogP contribution < -0.4 is 5.32 Å². The van der Waals surface area contributed by atoms with Crippen molar-refractivity contribution in [2.45, 2.75) is 39.2 Å². The topological polar surface area (TPSA) is 55.1 Å². The third-order valence-corrected chi connectivity index (χ3v) is 3.87. The molecule has 2 heterocycles. The number of hydrogen-bond acceptors (Lipinski definition) is 4. The minimum Gasteiger partial charge on any atom is -0.351 e. The van der Waals surface area contributed by atoms with Gasteiger partial charge in [0.05, 0.1) is 11.7 Å². The Bertz CT molecular complexity index is 552. The fraction of sp³-hybridized carbons (Fsp3) is 0.429. The largest absolute Gasteiger partial charge is 0.351 e. The van der Waals surface area contributed by atoms with Gasteiger partial charge in [-0.2, -0.15) is 0 Å². The van der Waals surface area contributed by atoms with Gasteiger partial charge < -0.3 is 9.84 Å². The molecule has 1 atom stereocenters. The first-order valence-electron chi connectivity index (χ1n) is 6.19. The molecular formula is C14H18N2O2S. The van der Waals surface area contributed by atoms with E-state index in [2.05, 4.69) is 10.5 Å². The highest BCUT2D eigenvalue weighted by atomic mass is 32.1. The average molecular weight is 278 g/mol. The molecule has 1 N–H and O–H groups in total. The second-order valence-corrected chi connectivity index (χ2v) is 6.52. The molecule has 0 aliphatic carbocycles. The summed E-state index contributed by atoms with van der Waals surface area (Å²) in [4.78, 5) is 13.2. The van der Waals surface area contributed by atoms with Crippen LogP contribution in [0.15, 0.2) is 28.1 Å². The summed E-state index contributed by atoms with van der Waals surface area (Å²) in [6.45, 7) is 8.03. The van der Waals surface area contributed by atoms with E-state index >= 15 is 0 Å². The second kappa shape index (κ2) is 5.17. The van der Waals surface area contributed by atoms with E-state index in [1.54, 1.807) is 17.4 Å². The van der Waals surface area contributed by atoms with Gasteiger partial charge in [0.2, 0.25) is 5.76 Å². The van der Waals surface area contributed by atoms with Crippen molar-refractivity contribution < 1.29 is 9.32 Å². The maximum Gasteiger partial charge on any atom is 0.290 e. The van der Waals surface area contributed by atoms with E-state index in [1.165, 1.54) is 0 Å². The number of nitrogens with one attached hydrogen (secondary N) is 1. The lowest BCUT2D eigenvalue weighted by Crippen LogP contribution is -2.25. The van der Waals surface area contributed by atoms with Gasteiger partial charge >= 0.3 is 0 Å². The number of carbonyl (C=O) groups is 1. The lowest BCUT2D eigenvalue weighted by Gasteiger charge is -2.12. The van der Waals surface area contributed by atoms with Crippen molar-refractivity contribution >= 4 is 17.2 Å². The minimum absolute atomic E-state index is 0.0318. The molecule has 0 radical (unpaired) electrons. The Kier molecular flexibility index (Phi) is 3.75. The normalized spacial score (nSPS) is 13.3. The maximum atomic E-state index is 12.1. The monoisotopic (exact) mass is 278 g/mol. The van der Waals surface area contributed by atoms with E-state index in [0.717, 1.165) is 10.6 Å². The van der Waals surface area contributed by atoms with Crippen LogP contribution in [0.5, 0.6) is 0 Å². The number of hydrogen-bond donors (Lipinski definition) is 1. The van der Waals surface area contributed by atoms with Gasteiger partial charge in [-0.3, -0.25) is 4.79 Å². The number of aromatic nitrogens is 1. The third-order valence-electron chi connectivity index (χ3n) is 2.82. The Labute approximate surface area is 116 Å². The molecule has 1 unspecified atom stereocenters. The van der Waals surface area contributed by atoms with Gasteiger partial charge in [-0.25, -0.2) is 0 Å². The van der Waals surface area contributed by atoms with Crippen molar-refractivity contribution in [3.63, 3.8) is 0 Å². The molecule has 2 aromatic rings. The summed E-state index contributed by atoms with van der Waals surface area (Å²) in [7, 11) is 0. The van der Waals surface area contributed by atoms with Crippen molar-refractivity contribution in [2.24, 2.45) is 0 Å². The SMILES string of the molecule is CC(NC(=O)c1cc(C(C)(C)C)no1)c1cccs1. The van der Waals surface area contributed by atoms with Crippen LogP contribution >= 0.6 is 11.3 Å². The van der Waals surface area contributed by atoms with E-state index in [1.807, 2.05) is 45.2 Å². The molecule has 0 aliphatic rings. The number of thiophene rings is 1. The fourth-order valence-electron chi connectivity index (χ4n) is 1.61. The molecule has 0 fully saturated rings. The molecule has 0 aromatic carbocycles. The van der Waals surface area contributed by atoms with Gasteiger partial charge in [-0.05, 0) is 18.4 Å². The molecule has 19 heavy (non-hydrogen) atoms.